The molecule has 1 aromatic rings. The highest BCUT2D eigenvalue weighted by molar-refractivity contribution is 5.75. The van der Waals surface area contributed by atoms with Crippen LogP contribution in [0.25, 0.3) is 0 Å². The van der Waals surface area contributed by atoms with E-state index in [2.05, 4.69) is 0 Å². The minimum Gasteiger partial charge on any atom is -0.454 e. The number of benzene rings is 1. The summed E-state index contributed by atoms with van der Waals surface area (Å²) in [5, 5.41) is 0. The van der Waals surface area contributed by atoms with E-state index in [1.165, 1.54) is 12.1 Å². The van der Waals surface area contributed by atoms with Gasteiger partial charge in [0.25, 0.3) is 0 Å². The van der Waals surface area contributed by atoms with Gasteiger partial charge in [0.15, 0.2) is 0 Å². The standard InChI is InChI=1S/C14H19FO2/c1-13(2,3)12(16)17-14(4,5)10-6-8-11(15)9-7-10/h6-9H,1-5H3. The van der Waals surface area contributed by atoms with E-state index >= 15 is 0 Å². The van der Waals surface area contributed by atoms with Gasteiger partial charge in [-0.05, 0) is 52.3 Å². The molecule has 0 saturated heterocycles. The lowest BCUT2D eigenvalue weighted by atomic mass is 9.94. The molecule has 0 aromatic heterocycles. The predicted molar refractivity (Wildman–Crippen MR) is 65.0 cm³/mol. The summed E-state index contributed by atoms with van der Waals surface area (Å²) in [6.45, 7) is 9.00. The van der Waals surface area contributed by atoms with Crippen LogP contribution in [0.3, 0.4) is 0 Å². The normalized spacial score (nSPS) is 12.4. The molecular formula is C14H19FO2. The van der Waals surface area contributed by atoms with Crippen molar-refractivity contribution in [2.75, 3.05) is 0 Å². The van der Waals surface area contributed by atoms with Gasteiger partial charge in [-0.2, -0.15) is 0 Å². The summed E-state index contributed by atoms with van der Waals surface area (Å²) in [6, 6.07) is 5.99. The number of ether oxygens (including phenoxy) is 1. The summed E-state index contributed by atoms with van der Waals surface area (Å²) in [6.07, 6.45) is 0. The van der Waals surface area contributed by atoms with Crippen LogP contribution < -0.4 is 0 Å². The Bertz CT molecular complexity index is 399. The Kier molecular flexibility index (Phi) is 3.60. The van der Waals surface area contributed by atoms with Gasteiger partial charge in [0.1, 0.15) is 11.4 Å². The lowest BCUT2D eigenvalue weighted by molar-refractivity contribution is -0.167. The van der Waals surface area contributed by atoms with Crippen LogP contribution in [0.1, 0.15) is 40.2 Å². The van der Waals surface area contributed by atoms with E-state index in [0.717, 1.165) is 5.56 Å². The van der Waals surface area contributed by atoms with Gasteiger partial charge in [-0.1, -0.05) is 12.1 Å². The Morgan fingerprint density at radius 3 is 1.94 bits per heavy atom. The van der Waals surface area contributed by atoms with Crippen molar-refractivity contribution in [2.24, 2.45) is 5.41 Å². The van der Waals surface area contributed by atoms with E-state index in [4.69, 9.17) is 4.74 Å². The first kappa shape index (κ1) is 13.7. The van der Waals surface area contributed by atoms with Crippen LogP contribution in [0.15, 0.2) is 24.3 Å². The largest absolute Gasteiger partial charge is 0.454 e. The number of hydrogen-bond donors (Lipinski definition) is 0. The molecule has 1 aromatic carbocycles. The maximum absolute atomic E-state index is 12.8. The fourth-order valence-corrected chi connectivity index (χ4v) is 1.30. The number of esters is 1. The first-order valence-corrected chi connectivity index (χ1v) is 5.62. The third-order valence-corrected chi connectivity index (χ3v) is 2.50. The van der Waals surface area contributed by atoms with Crippen LogP contribution in [0.5, 0.6) is 0 Å². The minimum atomic E-state index is -0.752. The molecule has 0 aliphatic rings. The summed E-state index contributed by atoms with van der Waals surface area (Å²) in [4.78, 5) is 11.8. The highest BCUT2D eigenvalue weighted by atomic mass is 19.1. The molecule has 0 saturated carbocycles. The molecule has 0 N–H and O–H groups in total. The van der Waals surface area contributed by atoms with Crippen molar-refractivity contribution in [1.29, 1.82) is 0 Å². The smallest absolute Gasteiger partial charge is 0.312 e. The van der Waals surface area contributed by atoms with Crippen molar-refractivity contribution in [3.63, 3.8) is 0 Å². The molecular weight excluding hydrogens is 219 g/mol. The fourth-order valence-electron chi connectivity index (χ4n) is 1.30. The third kappa shape index (κ3) is 3.55. The van der Waals surface area contributed by atoms with Crippen molar-refractivity contribution in [2.45, 2.75) is 40.2 Å². The average molecular weight is 238 g/mol. The van der Waals surface area contributed by atoms with Crippen molar-refractivity contribution >= 4 is 5.97 Å². The summed E-state index contributed by atoms with van der Waals surface area (Å²) in [5.74, 6) is -0.571. The first-order valence-electron chi connectivity index (χ1n) is 5.62. The number of halogens is 1. The first-order chi connectivity index (χ1) is 7.63. The summed E-state index contributed by atoms with van der Waals surface area (Å²) < 4.78 is 18.3. The van der Waals surface area contributed by atoms with Gasteiger partial charge in [0, 0.05) is 0 Å². The molecule has 0 fully saturated rings. The van der Waals surface area contributed by atoms with Gasteiger partial charge in [-0.3, -0.25) is 4.79 Å². The molecule has 0 radical (unpaired) electrons. The lowest BCUT2D eigenvalue weighted by Gasteiger charge is -2.29. The highest BCUT2D eigenvalue weighted by Crippen LogP contribution is 2.28. The minimum absolute atomic E-state index is 0.271. The molecule has 0 unspecified atom stereocenters. The predicted octanol–water partition coefficient (Wildman–Crippen LogP) is 3.65. The Morgan fingerprint density at radius 1 is 1.06 bits per heavy atom. The van der Waals surface area contributed by atoms with Crippen molar-refractivity contribution in [3.8, 4) is 0 Å². The molecule has 0 aliphatic carbocycles. The molecule has 0 heterocycles. The van der Waals surface area contributed by atoms with Crippen molar-refractivity contribution in [3.05, 3.63) is 35.6 Å². The Morgan fingerprint density at radius 2 is 1.53 bits per heavy atom. The van der Waals surface area contributed by atoms with Gasteiger partial charge in [0.05, 0.1) is 5.41 Å². The number of rotatable bonds is 2. The van der Waals surface area contributed by atoms with E-state index < -0.39 is 11.0 Å². The number of hydrogen-bond acceptors (Lipinski definition) is 2. The topological polar surface area (TPSA) is 26.3 Å². The van der Waals surface area contributed by atoms with E-state index in [9.17, 15) is 9.18 Å². The molecule has 0 atom stereocenters. The Hall–Kier alpha value is -1.38. The lowest BCUT2D eigenvalue weighted by Crippen LogP contribution is -2.32. The van der Waals surface area contributed by atoms with E-state index in [1.54, 1.807) is 46.8 Å². The number of carbonyl (C=O) groups is 1. The van der Waals surface area contributed by atoms with Crippen LogP contribution >= 0.6 is 0 Å². The molecule has 0 spiro atoms. The van der Waals surface area contributed by atoms with Crippen LogP contribution in [-0.2, 0) is 15.1 Å². The van der Waals surface area contributed by atoms with Gasteiger partial charge < -0.3 is 4.74 Å². The van der Waals surface area contributed by atoms with Crippen LogP contribution in [-0.4, -0.2) is 5.97 Å². The average Bonchev–Trinajstić information content (AvgIpc) is 2.16. The second-order valence-corrected chi connectivity index (χ2v) is 5.66. The summed E-state index contributed by atoms with van der Waals surface area (Å²) in [7, 11) is 0. The van der Waals surface area contributed by atoms with Gasteiger partial charge in [-0.25, -0.2) is 4.39 Å². The summed E-state index contributed by atoms with van der Waals surface area (Å²) >= 11 is 0. The highest BCUT2D eigenvalue weighted by Gasteiger charge is 2.31. The van der Waals surface area contributed by atoms with E-state index in [-0.39, 0.29) is 11.8 Å². The SMILES string of the molecule is CC(C)(C)C(=O)OC(C)(C)c1ccc(F)cc1. The second-order valence-electron chi connectivity index (χ2n) is 5.66. The monoisotopic (exact) mass is 238 g/mol. The molecule has 94 valence electrons. The van der Waals surface area contributed by atoms with E-state index in [1.807, 2.05) is 0 Å². The molecule has 0 bridgehead atoms. The molecule has 0 amide bonds. The van der Waals surface area contributed by atoms with Gasteiger partial charge in [0.2, 0.25) is 0 Å². The quantitative estimate of drug-likeness (QED) is 0.735. The molecule has 2 nitrogen and oxygen atoms in total. The second kappa shape index (κ2) is 4.47. The van der Waals surface area contributed by atoms with Gasteiger partial charge in [-0.15, -0.1) is 0 Å². The molecule has 3 heteroatoms. The maximum atomic E-state index is 12.8. The van der Waals surface area contributed by atoms with Crippen LogP contribution in [0, 0.1) is 11.2 Å². The molecule has 0 aliphatic heterocycles. The van der Waals surface area contributed by atoms with Crippen LogP contribution in [0.4, 0.5) is 4.39 Å². The maximum Gasteiger partial charge on any atom is 0.312 e. The van der Waals surface area contributed by atoms with Crippen LogP contribution in [0.2, 0.25) is 0 Å². The Balaban J connectivity index is 2.89. The third-order valence-electron chi connectivity index (χ3n) is 2.50. The molecule has 1 rings (SSSR count). The van der Waals surface area contributed by atoms with Crippen molar-refractivity contribution < 1.29 is 13.9 Å². The zero-order valence-electron chi connectivity index (χ0n) is 11.0. The zero-order chi connectivity index (χ0) is 13.3. The van der Waals surface area contributed by atoms with Crippen molar-refractivity contribution in [1.82, 2.24) is 0 Å². The Labute approximate surface area is 102 Å². The van der Waals surface area contributed by atoms with E-state index in [0.29, 0.717) is 0 Å². The summed E-state index contributed by atoms with van der Waals surface area (Å²) in [5.41, 5.74) is -0.522. The number of carbonyl (C=O) groups excluding carboxylic acids is 1. The molecule has 17 heavy (non-hydrogen) atoms. The van der Waals surface area contributed by atoms with Gasteiger partial charge >= 0.3 is 5.97 Å². The fraction of sp³-hybridized carbons (Fsp3) is 0.500. The zero-order valence-corrected chi connectivity index (χ0v) is 11.0.